The van der Waals surface area contributed by atoms with Crippen LogP contribution in [-0.4, -0.2) is 25.5 Å². The van der Waals surface area contributed by atoms with Crippen LogP contribution in [-0.2, 0) is 10.8 Å². The largest absolute Gasteiger partial charge is 0.259 e. The summed E-state index contributed by atoms with van der Waals surface area (Å²) in [5.41, 5.74) is 0. The molecule has 3 rings (SSSR count). The topological polar surface area (TPSA) is 17.1 Å². The van der Waals surface area contributed by atoms with Gasteiger partial charge in [0.1, 0.15) is 0 Å². The predicted octanol–water partition coefficient (Wildman–Crippen LogP) is 1.35. The van der Waals surface area contributed by atoms with Crippen LogP contribution in [0.4, 0.5) is 0 Å². The zero-order chi connectivity index (χ0) is 7.75. The Labute approximate surface area is 77.9 Å². The van der Waals surface area contributed by atoms with Crippen LogP contribution in [0, 0.1) is 11.8 Å². The molecule has 3 fully saturated rings. The van der Waals surface area contributed by atoms with E-state index < -0.39 is 10.8 Å². The minimum Gasteiger partial charge on any atom is -0.259 e. The number of hydrogen-bond donors (Lipinski definition) is 0. The first kappa shape index (κ1) is 7.16. The summed E-state index contributed by atoms with van der Waals surface area (Å²) >= 11 is 12.2. The summed E-state index contributed by atoms with van der Waals surface area (Å²) in [4.78, 5) is 0. The van der Waals surface area contributed by atoms with E-state index in [4.69, 9.17) is 23.2 Å². The van der Waals surface area contributed by atoms with Crippen molar-refractivity contribution in [3.05, 3.63) is 0 Å². The summed E-state index contributed by atoms with van der Waals surface area (Å²) in [6, 6.07) is 0. The van der Waals surface area contributed by atoms with Gasteiger partial charge < -0.3 is 0 Å². The highest BCUT2D eigenvalue weighted by Gasteiger charge is 2.69. The second-order valence-corrected chi connectivity index (χ2v) is 6.46. The van der Waals surface area contributed by atoms with Crippen molar-refractivity contribution in [2.75, 3.05) is 0 Å². The Bertz CT molecular complexity index is 221. The first-order valence-corrected chi connectivity index (χ1v) is 6.04. The van der Waals surface area contributed by atoms with E-state index in [0.29, 0.717) is 22.3 Å². The zero-order valence-corrected chi connectivity index (χ0v) is 8.07. The lowest BCUT2D eigenvalue weighted by molar-refractivity contribution is 0.443. The van der Waals surface area contributed by atoms with Gasteiger partial charge in [-0.25, -0.2) is 0 Å². The van der Waals surface area contributed by atoms with Crippen molar-refractivity contribution in [1.82, 2.24) is 0 Å². The molecule has 1 nitrogen and oxygen atoms in total. The molecule has 4 heteroatoms. The number of halogens is 2. The third kappa shape index (κ3) is 0.606. The summed E-state index contributed by atoms with van der Waals surface area (Å²) in [5, 5.41) is 0.796. The molecule has 0 aromatic rings. The Balaban J connectivity index is 2.05. The third-order valence-electron chi connectivity index (χ3n) is 3.37. The highest BCUT2D eigenvalue weighted by Crippen LogP contribution is 2.60. The molecule has 4 unspecified atom stereocenters. The molecule has 4 atom stereocenters. The Morgan fingerprint density at radius 3 is 2.00 bits per heavy atom. The molecule has 2 aliphatic carbocycles. The number of fused-ring (bicyclic) bond motifs is 1. The van der Waals surface area contributed by atoms with Crippen molar-refractivity contribution in [3.8, 4) is 0 Å². The van der Waals surface area contributed by atoms with Gasteiger partial charge in [-0.05, 0) is 18.3 Å². The highest BCUT2D eigenvalue weighted by atomic mass is 35.5. The average molecular weight is 211 g/mol. The number of alkyl halides is 2. The van der Waals surface area contributed by atoms with E-state index in [-0.39, 0.29) is 10.8 Å². The standard InChI is InChI=1S/C7H8Cl2OS/c8-4-2-1-3-6(4)11(10)7(3)5(2)9/h2-7H,1H2. The maximum absolute atomic E-state index is 11.4. The van der Waals surface area contributed by atoms with E-state index in [1.165, 1.54) is 0 Å². The molecule has 2 bridgehead atoms. The van der Waals surface area contributed by atoms with Crippen LogP contribution in [0.25, 0.3) is 0 Å². The van der Waals surface area contributed by atoms with Crippen molar-refractivity contribution >= 4 is 34.0 Å². The molecule has 0 amide bonds. The minimum absolute atomic E-state index is 0.105. The maximum Gasteiger partial charge on any atom is 0.0558 e. The van der Waals surface area contributed by atoms with Gasteiger partial charge in [-0.2, -0.15) is 0 Å². The lowest BCUT2D eigenvalue weighted by Crippen LogP contribution is -2.59. The van der Waals surface area contributed by atoms with Gasteiger partial charge in [-0.1, -0.05) is 0 Å². The van der Waals surface area contributed by atoms with Crippen LogP contribution >= 0.6 is 23.2 Å². The zero-order valence-electron chi connectivity index (χ0n) is 5.74. The number of hydrogen-bond acceptors (Lipinski definition) is 1. The van der Waals surface area contributed by atoms with Crippen molar-refractivity contribution in [1.29, 1.82) is 0 Å². The van der Waals surface area contributed by atoms with Gasteiger partial charge in [-0.3, -0.25) is 4.21 Å². The van der Waals surface area contributed by atoms with Gasteiger partial charge in [0.05, 0.1) is 21.3 Å². The van der Waals surface area contributed by atoms with E-state index in [0.717, 1.165) is 6.42 Å². The lowest BCUT2D eigenvalue weighted by atomic mass is 9.97. The second kappa shape index (κ2) is 1.97. The normalized spacial score (nSPS) is 71.6. The monoisotopic (exact) mass is 210 g/mol. The third-order valence-corrected chi connectivity index (χ3v) is 7.22. The first-order chi connectivity index (χ1) is 5.22. The Morgan fingerprint density at radius 1 is 1.09 bits per heavy atom. The molecule has 11 heavy (non-hydrogen) atoms. The van der Waals surface area contributed by atoms with E-state index in [1.54, 1.807) is 0 Å². The fourth-order valence-corrected chi connectivity index (χ4v) is 6.69. The van der Waals surface area contributed by atoms with Crippen molar-refractivity contribution in [2.24, 2.45) is 11.8 Å². The molecule has 1 saturated heterocycles. The molecule has 3 aliphatic rings. The molecular weight excluding hydrogens is 203 g/mol. The maximum atomic E-state index is 11.4. The van der Waals surface area contributed by atoms with E-state index in [9.17, 15) is 4.21 Å². The van der Waals surface area contributed by atoms with E-state index in [2.05, 4.69) is 0 Å². The second-order valence-electron chi connectivity index (χ2n) is 3.71. The Morgan fingerprint density at radius 2 is 1.64 bits per heavy atom. The smallest absolute Gasteiger partial charge is 0.0558 e. The van der Waals surface area contributed by atoms with Crippen molar-refractivity contribution in [3.63, 3.8) is 0 Å². The molecule has 0 aromatic heterocycles. The van der Waals surface area contributed by atoms with Gasteiger partial charge in [0, 0.05) is 10.8 Å². The summed E-state index contributed by atoms with van der Waals surface area (Å²) in [5.74, 6) is 1.06. The predicted molar refractivity (Wildman–Crippen MR) is 46.6 cm³/mol. The molecule has 1 heterocycles. The van der Waals surface area contributed by atoms with Crippen molar-refractivity contribution in [2.45, 2.75) is 27.7 Å². The molecule has 2 saturated carbocycles. The van der Waals surface area contributed by atoms with E-state index >= 15 is 0 Å². The van der Waals surface area contributed by atoms with Gasteiger partial charge in [0.25, 0.3) is 0 Å². The summed E-state index contributed by atoms with van der Waals surface area (Å²) in [7, 11) is -0.700. The Hall–Kier alpha value is 0.730. The van der Waals surface area contributed by atoms with Gasteiger partial charge in [-0.15, -0.1) is 23.2 Å². The molecule has 62 valence electrons. The molecule has 0 spiro atoms. The molecular formula is C7H8Cl2OS. The minimum atomic E-state index is -0.700. The average Bonchev–Trinajstić information content (AvgIpc) is 2.35. The Kier molecular flexibility index (Phi) is 1.28. The quantitative estimate of drug-likeness (QED) is 0.553. The van der Waals surface area contributed by atoms with Gasteiger partial charge in [0.15, 0.2) is 0 Å². The SMILES string of the molecule is O=S1C2C(Cl)C3CC2C1C3Cl. The van der Waals surface area contributed by atoms with Crippen molar-refractivity contribution < 1.29 is 4.21 Å². The van der Waals surface area contributed by atoms with Gasteiger partial charge in [0.2, 0.25) is 0 Å². The number of rotatable bonds is 0. The van der Waals surface area contributed by atoms with Crippen LogP contribution in [0.3, 0.4) is 0 Å². The fourth-order valence-electron chi connectivity index (χ4n) is 2.86. The van der Waals surface area contributed by atoms with Crippen LogP contribution in [0.15, 0.2) is 0 Å². The summed E-state index contributed by atoms with van der Waals surface area (Å²) in [6.45, 7) is 0. The lowest BCUT2D eigenvalue weighted by Gasteiger charge is -2.45. The molecule has 0 N–H and O–H groups in total. The van der Waals surface area contributed by atoms with E-state index in [1.807, 2.05) is 0 Å². The molecule has 0 aromatic carbocycles. The summed E-state index contributed by atoms with van der Waals surface area (Å²) < 4.78 is 11.4. The summed E-state index contributed by atoms with van der Waals surface area (Å²) in [6.07, 6.45) is 1.13. The first-order valence-electron chi connectivity index (χ1n) is 3.89. The highest BCUT2D eigenvalue weighted by molar-refractivity contribution is 7.88. The van der Waals surface area contributed by atoms with Crippen LogP contribution < -0.4 is 0 Å². The van der Waals surface area contributed by atoms with Crippen LogP contribution in [0.1, 0.15) is 6.42 Å². The van der Waals surface area contributed by atoms with Crippen LogP contribution in [0.2, 0.25) is 0 Å². The molecule has 0 radical (unpaired) electrons. The fraction of sp³-hybridized carbons (Fsp3) is 1.00. The van der Waals surface area contributed by atoms with Crippen LogP contribution in [0.5, 0.6) is 0 Å². The van der Waals surface area contributed by atoms with Gasteiger partial charge >= 0.3 is 0 Å². The molecule has 1 aliphatic heterocycles.